The summed E-state index contributed by atoms with van der Waals surface area (Å²) in [5.74, 6) is -0.0330. The fraction of sp³-hybridized carbons (Fsp3) is 0.450. The van der Waals surface area contributed by atoms with Crippen molar-refractivity contribution < 1.29 is 9.53 Å². The molecule has 2 N–H and O–H groups in total. The van der Waals surface area contributed by atoms with Gasteiger partial charge in [-0.1, -0.05) is 37.3 Å². The van der Waals surface area contributed by atoms with Gasteiger partial charge in [0.2, 0.25) is 0 Å². The van der Waals surface area contributed by atoms with Gasteiger partial charge < -0.3 is 15.0 Å². The van der Waals surface area contributed by atoms with Crippen LogP contribution in [0, 0.1) is 6.92 Å². The number of hydrogen-bond donors (Lipinski definition) is 2. The maximum atomic E-state index is 12.5. The Labute approximate surface area is 149 Å². The summed E-state index contributed by atoms with van der Waals surface area (Å²) in [6.07, 6.45) is 2.66. The highest BCUT2D eigenvalue weighted by Gasteiger charge is 2.28. The van der Waals surface area contributed by atoms with Crippen LogP contribution in [0.25, 0.3) is 0 Å². The Morgan fingerprint density at radius 3 is 2.84 bits per heavy atom. The fourth-order valence-corrected chi connectivity index (χ4v) is 3.36. The maximum Gasteiger partial charge on any atom is 0.253 e. The van der Waals surface area contributed by atoms with E-state index in [0.29, 0.717) is 12.2 Å². The molecule has 1 aliphatic rings. The van der Waals surface area contributed by atoms with Crippen LogP contribution in [0.15, 0.2) is 42.6 Å². The molecular formula is C20H27N3O2. The third-order valence-corrected chi connectivity index (χ3v) is 4.83. The number of amides is 1. The zero-order valence-corrected chi connectivity index (χ0v) is 15.0. The Bertz CT molecular complexity index is 683. The molecule has 1 aromatic carbocycles. The summed E-state index contributed by atoms with van der Waals surface area (Å²) in [5.41, 5.74) is 2.90. The van der Waals surface area contributed by atoms with Crippen LogP contribution in [-0.4, -0.2) is 47.6 Å². The molecule has 134 valence electrons. The minimum absolute atomic E-state index is 0.0142. The van der Waals surface area contributed by atoms with E-state index in [9.17, 15) is 4.79 Å². The van der Waals surface area contributed by atoms with E-state index in [1.54, 1.807) is 6.20 Å². The highest BCUT2D eigenvalue weighted by atomic mass is 16.5. The molecular weight excluding hydrogens is 314 g/mol. The van der Waals surface area contributed by atoms with Gasteiger partial charge in [-0.2, -0.15) is 0 Å². The number of carbonyl (C=O) groups is 1. The van der Waals surface area contributed by atoms with E-state index in [2.05, 4.69) is 46.4 Å². The van der Waals surface area contributed by atoms with Gasteiger partial charge >= 0.3 is 0 Å². The van der Waals surface area contributed by atoms with Gasteiger partial charge in [0.1, 0.15) is 0 Å². The standard InChI is InChI=1S/C20H27N3O2/c1-3-18(22-20(24)17-9-10-21-15(17)2)19-14-23(11-12-25-19)13-16-7-5-4-6-8-16/h4-10,18-19,21H,3,11-14H2,1-2H3,(H,22,24)/t18-,19+/m0/s1. The molecule has 0 unspecified atom stereocenters. The molecule has 1 aromatic heterocycles. The smallest absolute Gasteiger partial charge is 0.253 e. The summed E-state index contributed by atoms with van der Waals surface area (Å²) in [7, 11) is 0. The van der Waals surface area contributed by atoms with Gasteiger partial charge in [-0.05, 0) is 25.0 Å². The number of hydrogen-bond acceptors (Lipinski definition) is 3. The lowest BCUT2D eigenvalue weighted by Crippen LogP contribution is -2.53. The van der Waals surface area contributed by atoms with Crippen LogP contribution in [0.3, 0.4) is 0 Å². The van der Waals surface area contributed by atoms with E-state index in [0.717, 1.165) is 31.7 Å². The van der Waals surface area contributed by atoms with Crippen LogP contribution in [0.4, 0.5) is 0 Å². The van der Waals surface area contributed by atoms with Crippen molar-refractivity contribution in [2.45, 2.75) is 39.0 Å². The molecule has 0 spiro atoms. The number of H-pyrrole nitrogens is 1. The van der Waals surface area contributed by atoms with Crippen LogP contribution >= 0.6 is 0 Å². The molecule has 2 atom stereocenters. The molecule has 2 aromatic rings. The summed E-state index contributed by atoms with van der Waals surface area (Å²) in [4.78, 5) is 18.0. The monoisotopic (exact) mass is 341 g/mol. The van der Waals surface area contributed by atoms with Crippen molar-refractivity contribution in [1.82, 2.24) is 15.2 Å². The zero-order valence-electron chi connectivity index (χ0n) is 15.0. The molecule has 5 nitrogen and oxygen atoms in total. The predicted octanol–water partition coefficient (Wildman–Crippen LogP) is 2.73. The number of aryl methyl sites for hydroxylation is 1. The van der Waals surface area contributed by atoms with Gasteiger partial charge in [-0.15, -0.1) is 0 Å². The quantitative estimate of drug-likeness (QED) is 0.849. The molecule has 25 heavy (non-hydrogen) atoms. The molecule has 0 aliphatic carbocycles. The van der Waals surface area contributed by atoms with Crippen molar-refractivity contribution in [2.75, 3.05) is 19.7 Å². The number of nitrogens with one attached hydrogen (secondary N) is 2. The summed E-state index contributed by atoms with van der Waals surface area (Å²) in [6.45, 7) is 7.38. The van der Waals surface area contributed by atoms with E-state index in [1.165, 1.54) is 5.56 Å². The first kappa shape index (κ1) is 17.7. The van der Waals surface area contributed by atoms with Crippen molar-refractivity contribution in [3.63, 3.8) is 0 Å². The molecule has 0 saturated carbocycles. The number of aromatic nitrogens is 1. The summed E-state index contributed by atoms with van der Waals surface area (Å²) >= 11 is 0. The fourth-order valence-electron chi connectivity index (χ4n) is 3.36. The second-order valence-electron chi connectivity index (χ2n) is 6.63. The van der Waals surface area contributed by atoms with Gasteiger partial charge in [0, 0.05) is 31.5 Å². The van der Waals surface area contributed by atoms with E-state index < -0.39 is 0 Å². The van der Waals surface area contributed by atoms with Crippen molar-refractivity contribution in [2.24, 2.45) is 0 Å². The largest absolute Gasteiger partial charge is 0.373 e. The number of rotatable bonds is 6. The topological polar surface area (TPSA) is 57.4 Å². The summed E-state index contributed by atoms with van der Waals surface area (Å²) in [5, 5.41) is 3.15. The minimum Gasteiger partial charge on any atom is -0.373 e. The molecule has 1 saturated heterocycles. The number of carbonyl (C=O) groups excluding carboxylic acids is 1. The molecule has 5 heteroatoms. The average molecular weight is 341 g/mol. The normalized spacial score (nSPS) is 19.5. The Morgan fingerprint density at radius 1 is 1.36 bits per heavy atom. The molecule has 1 fully saturated rings. The van der Waals surface area contributed by atoms with Gasteiger partial charge in [0.05, 0.1) is 24.3 Å². The van der Waals surface area contributed by atoms with Gasteiger partial charge in [0.15, 0.2) is 0 Å². The second kappa shape index (κ2) is 8.32. The number of nitrogens with zero attached hydrogens (tertiary/aromatic N) is 1. The minimum atomic E-state index is -0.0330. The van der Waals surface area contributed by atoms with E-state index in [-0.39, 0.29) is 18.1 Å². The number of morpholine rings is 1. The van der Waals surface area contributed by atoms with Crippen molar-refractivity contribution in [3.8, 4) is 0 Å². The third-order valence-electron chi connectivity index (χ3n) is 4.83. The van der Waals surface area contributed by atoms with E-state index >= 15 is 0 Å². The predicted molar refractivity (Wildman–Crippen MR) is 98.5 cm³/mol. The van der Waals surface area contributed by atoms with Crippen molar-refractivity contribution >= 4 is 5.91 Å². The Balaban J connectivity index is 1.60. The number of ether oxygens (including phenoxy) is 1. The molecule has 0 radical (unpaired) electrons. The number of benzene rings is 1. The third kappa shape index (κ3) is 4.50. The van der Waals surface area contributed by atoms with Gasteiger partial charge in [-0.25, -0.2) is 0 Å². The van der Waals surface area contributed by atoms with Gasteiger partial charge in [0.25, 0.3) is 5.91 Å². The highest BCUT2D eigenvalue weighted by Crippen LogP contribution is 2.15. The Morgan fingerprint density at radius 2 is 2.16 bits per heavy atom. The van der Waals surface area contributed by atoms with Crippen LogP contribution in [-0.2, 0) is 11.3 Å². The molecule has 1 amide bonds. The first-order valence-corrected chi connectivity index (χ1v) is 9.00. The van der Waals surface area contributed by atoms with Crippen LogP contribution < -0.4 is 5.32 Å². The van der Waals surface area contributed by atoms with Crippen LogP contribution in [0.1, 0.15) is 35.0 Å². The maximum absolute atomic E-state index is 12.5. The van der Waals surface area contributed by atoms with E-state index in [4.69, 9.17) is 4.74 Å². The van der Waals surface area contributed by atoms with Crippen molar-refractivity contribution in [3.05, 3.63) is 59.4 Å². The SMILES string of the molecule is CC[C@H](NC(=O)c1cc[nH]c1C)[C@H]1CN(Cc2ccccc2)CCO1. The first-order valence-electron chi connectivity index (χ1n) is 9.00. The lowest BCUT2D eigenvalue weighted by Gasteiger charge is -2.37. The summed E-state index contributed by atoms with van der Waals surface area (Å²) < 4.78 is 5.98. The number of aromatic amines is 1. The zero-order chi connectivity index (χ0) is 17.6. The molecule has 1 aliphatic heterocycles. The average Bonchev–Trinajstić information content (AvgIpc) is 3.07. The first-order chi connectivity index (χ1) is 12.2. The van der Waals surface area contributed by atoms with Crippen LogP contribution in [0.2, 0.25) is 0 Å². The van der Waals surface area contributed by atoms with Crippen LogP contribution in [0.5, 0.6) is 0 Å². The lowest BCUT2D eigenvalue weighted by molar-refractivity contribution is -0.0483. The second-order valence-corrected chi connectivity index (χ2v) is 6.63. The van der Waals surface area contributed by atoms with E-state index in [1.807, 2.05) is 19.1 Å². The lowest BCUT2D eigenvalue weighted by atomic mass is 10.0. The Kier molecular flexibility index (Phi) is 5.89. The molecule has 2 heterocycles. The van der Waals surface area contributed by atoms with Crippen molar-refractivity contribution in [1.29, 1.82) is 0 Å². The summed E-state index contributed by atoms with van der Waals surface area (Å²) in [6, 6.07) is 12.3. The van der Waals surface area contributed by atoms with Gasteiger partial charge in [-0.3, -0.25) is 9.69 Å². The molecule has 0 bridgehead atoms. The Hall–Kier alpha value is -2.11. The highest BCUT2D eigenvalue weighted by molar-refractivity contribution is 5.95. The molecule has 3 rings (SSSR count).